The van der Waals surface area contributed by atoms with Gasteiger partial charge in [-0.15, -0.1) is 5.10 Å². The van der Waals surface area contributed by atoms with Gasteiger partial charge in [0.05, 0.1) is 11.4 Å². The quantitative estimate of drug-likeness (QED) is 0.471. The lowest BCUT2D eigenvalue weighted by Gasteiger charge is -2.03. The van der Waals surface area contributed by atoms with E-state index in [1.165, 1.54) is 22.9 Å². The van der Waals surface area contributed by atoms with Crippen molar-refractivity contribution in [1.82, 2.24) is 30.3 Å². The molecule has 0 fully saturated rings. The van der Waals surface area contributed by atoms with Gasteiger partial charge in [-0.2, -0.15) is 9.67 Å². The van der Waals surface area contributed by atoms with Gasteiger partial charge >= 0.3 is 0 Å². The second-order valence-corrected chi connectivity index (χ2v) is 7.00. The number of hydrogen-bond acceptors (Lipinski definition) is 7. The zero-order valence-corrected chi connectivity index (χ0v) is 15.8. The van der Waals surface area contributed by atoms with Crippen molar-refractivity contribution in [2.75, 3.05) is 0 Å². The predicted octanol–water partition coefficient (Wildman–Crippen LogP) is 3.88. The first-order chi connectivity index (χ1) is 13.2. The van der Waals surface area contributed by atoms with Crippen LogP contribution in [0.1, 0.15) is 23.9 Å². The van der Waals surface area contributed by atoms with E-state index in [1.54, 1.807) is 4.68 Å². The third kappa shape index (κ3) is 3.90. The fourth-order valence-corrected chi connectivity index (χ4v) is 3.29. The van der Waals surface area contributed by atoms with Crippen molar-refractivity contribution < 1.29 is 4.52 Å². The van der Waals surface area contributed by atoms with Gasteiger partial charge in [0.15, 0.2) is 0 Å². The maximum Gasteiger partial charge on any atom is 0.237 e. The minimum atomic E-state index is 0.492. The van der Waals surface area contributed by atoms with E-state index in [4.69, 9.17) is 4.52 Å². The molecule has 0 aliphatic rings. The molecule has 2 aromatic carbocycles. The van der Waals surface area contributed by atoms with Crippen LogP contribution in [0.15, 0.2) is 58.2 Å². The van der Waals surface area contributed by atoms with Crippen LogP contribution in [0.3, 0.4) is 0 Å². The topological polar surface area (TPSA) is 82.5 Å². The summed E-state index contributed by atoms with van der Waals surface area (Å²) in [6, 6.07) is 16.2. The van der Waals surface area contributed by atoms with E-state index in [0.29, 0.717) is 22.6 Å². The van der Waals surface area contributed by atoms with Gasteiger partial charge in [0, 0.05) is 5.56 Å². The number of aromatic nitrogens is 6. The number of aryl methyl sites for hydroxylation is 2. The van der Waals surface area contributed by atoms with E-state index in [1.807, 2.05) is 43.3 Å². The summed E-state index contributed by atoms with van der Waals surface area (Å²) in [6.07, 6.45) is 1.00. The molecule has 0 atom stereocenters. The van der Waals surface area contributed by atoms with Crippen molar-refractivity contribution in [3.05, 3.63) is 65.5 Å². The summed E-state index contributed by atoms with van der Waals surface area (Å²) < 4.78 is 7.07. The fourth-order valence-electron chi connectivity index (χ4n) is 2.56. The molecule has 136 valence electrons. The van der Waals surface area contributed by atoms with Crippen molar-refractivity contribution in [3.8, 4) is 17.1 Å². The Bertz CT molecular complexity index is 1020. The van der Waals surface area contributed by atoms with E-state index in [-0.39, 0.29) is 0 Å². The van der Waals surface area contributed by atoms with Gasteiger partial charge in [-0.3, -0.25) is 0 Å². The zero-order chi connectivity index (χ0) is 18.6. The molecule has 0 saturated heterocycles. The highest BCUT2D eigenvalue weighted by molar-refractivity contribution is 7.98. The molecule has 0 unspecified atom stereocenters. The minimum absolute atomic E-state index is 0.492. The molecule has 27 heavy (non-hydrogen) atoms. The molecule has 0 bridgehead atoms. The van der Waals surface area contributed by atoms with Crippen molar-refractivity contribution in [1.29, 1.82) is 0 Å². The highest BCUT2D eigenvalue weighted by Crippen LogP contribution is 2.24. The molecular weight excluding hydrogens is 360 g/mol. The van der Waals surface area contributed by atoms with E-state index in [9.17, 15) is 0 Å². The summed E-state index contributed by atoms with van der Waals surface area (Å²) >= 11 is 1.45. The third-order valence-corrected chi connectivity index (χ3v) is 5.04. The van der Waals surface area contributed by atoms with Crippen LogP contribution in [0.25, 0.3) is 17.1 Å². The molecule has 7 nitrogen and oxygen atoms in total. The van der Waals surface area contributed by atoms with Gasteiger partial charge in [-0.05, 0) is 41.5 Å². The summed E-state index contributed by atoms with van der Waals surface area (Å²) in [5.41, 5.74) is 4.32. The van der Waals surface area contributed by atoms with Crippen LogP contribution in [0.2, 0.25) is 0 Å². The Morgan fingerprint density at radius 2 is 1.81 bits per heavy atom. The SMILES string of the molecule is CCc1ccc(-c2noc(CSc3nnnn3-c3ccc(C)cc3)n2)cc1. The Morgan fingerprint density at radius 3 is 2.56 bits per heavy atom. The monoisotopic (exact) mass is 378 g/mol. The summed E-state index contributed by atoms with van der Waals surface area (Å²) in [4.78, 5) is 4.47. The first kappa shape index (κ1) is 17.4. The van der Waals surface area contributed by atoms with Crippen LogP contribution in [-0.4, -0.2) is 30.3 Å². The largest absolute Gasteiger partial charge is 0.338 e. The highest BCUT2D eigenvalue weighted by Gasteiger charge is 2.13. The fraction of sp³-hybridized carbons (Fsp3) is 0.211. The van der Waals surface area contributed by atoms with Crippen LogP contribution >= 0.6 is 11.8 Å². The Labute approximate surface area is 160 Å². The van der Waals surface area contributed by atoms with E-state index in [2.05, 4.69) is 44.7 Å². The number of hydrogen-bond donors (Lipinski definition) is 0. The van der Waals surface area contributed by atoms with Crippen molar-refractivity contribution >= 4 is 11.8 Å². The number of rotatable bonds is 6. The molecule has 0 N–H and O–H groups in total. The summed E-state index contributed by atoms with van der Waals surface area (Å²) in [5, 5.41) is 16.7. The normalized spacial score (nSPS) is 11.0. The zero-order valence-electron chi connectivity index (χ0n) is 15.0. The molecule has 4 rings (SSSR count). The van der Waals surface area contributed by atoms with Gasteiger partial charge in [0.25, 0.3) is 0 Å². The third-order valence-electron chi connectivity index (χ3n) is 4.13. The van der Waals surface area contributed by atoms with Crippen LogP contribution in [0.5, 0.6) is 0 Å². The van der Waals surface area contributed by atoms with Crippen LogP contribution in [0, 0.1) is 6.92 Å². The minimum Gasteiger partial charge on any atom is -0.338 e. The average Bonchev–Trinajstić information content (AvgIpc) is 3.36. The lowest BCUT2D eigenvalue weighted by Crippen LogP contribution is -1.99. The first-order valence-corrected chi connectivity index (χ1v) is 9.61. The molecule has 0 amide bonds. The number of nitrogens with zero attached hydrogens (tertiary/aromatic N) is 6. The van der Waals surface area contributed by atoms with Crippen molar-refractivity contribution in [3.63, 3.8) is 0 Å². The average molecular weight is 378 g/mol. The smallest absolute Gasteiger partial charge is 0.237 e. The molecule has 0 radical (unpaired) electrons. The van der Waals surface area contributed by atoms with Gasteiger partial charge in [-0.1, -0.05) is 65.8 Å². The van der Waals surface area contributed by atoms with E-state index in [0.717, 1.165) is 17.7 Å². The summed E-state index contributed by atoms with van der Waals surface area (Å²) in [7, 11) is 0. The summed E-state index contributed by atoms with van der Waals surface area (Å²) in [5.74, 6) is 1.62. The van der Waals surface area contributed by atoms with Crippen molar-refractivity contribution in [2.24, 2.45) is 0 Å². The second-order valence-electron chi connectivity index (χ2n) is 6.06. The number of tetrazole rings is 1. The van der Waals surface area contributed by atoms with Crippen LogP contribution in [0.4, 0.5) is 0 Å². The Morgan fingerprint density at radius 1 is 1.04 bits per heavy atom. The van der Waals surface area contributed by atoms with Gasteiger partial charge < -0.3 is 4.52 Å². The lowest BCUT2D eigenvalue weighted by atomic mass is 10.1. The van der Waals surface area contributed by atoms with Gasteiger partial charge in [0.1, 0.15) is 0 Å². The Hall–Kier alpha value is -3.00. The molecule has 0 spiro atoms. The van der Waals surface area contributed by atoms with Crippen molar-refractivity contribution in [2.45, 2.75) is 31.2 Å². The molecule has 2 heterocycles. The van der Waals surface area contributed by atoms with Crippen LogP contribution < -0.4 is 0 Å². The van der Waals surface area contributed by atoms with E-state index >= 15 is 0 Å². The number of thioether (sulfide) groups is 1. The number of benzene rings is 2. The molecular formula is C19H18N6OS. The Balaban J connectivity index is 1.46. The molecule has 4 aromatic rings. The Kier molecular flexibility index (Phi) is 4.97. The first-order valence-electron chi connectivity index (χ1n) is 8.63. The molecule has 0 aliphatic carbocycles. The maximum absolute atomic E-state index is 5.38. The van der Waals surface area contributed by atoms with E-state index < -0.39 is 0 Å². The molecule has 0 saturated carbocycles. The lowest BCUT2D eigenvalue weighted by molar-refractivity contribution is 0.391. The van der Waals surface area contributed by atoms with Gasteiger partial charge in [-0.25, -0.2) is 0 Å². The highest BCUT2D eigenvalue weighted by atomic mass is 32.2. The summed E-state index contributed by atoms with van der Waals surface area (Å²) in [6.45, 7) is 4.17. The van der Waals surface area contributed by atoms with Gasteiger partial charge in [0.2, 0.25) is 16.9 Å². The standard InChI is InChI=1S/C19H18N6OS/c1-3-14-6-8-15(9-7-14)18-20-17(26-22-18)12-27-19-21-23-24-25(19)16-10-4-13(2)5-11-16/h4-11H,3,12H2,1-2H3. The predicted molar refractivity (Wildman–Crippen MR) is 103 cm³/mol. The van der Waals surface area contributed by atoms with Crippen LogP contribution in [-0.2, 0) is 12.2 Å². The molecule has 2 aromatic heterocycles. The molecule has 0 aliphatic heterocycles. The molecule has 8 heteroatoms. The second kappa shape index (κ2) is 7.71. The maximum atomic E-state index is 5.38.